The maximum Gasteiger partial charge on any atom is 0.303 e. The van der Waals surface area contributed by atoms with Crippen LogP contribution in [0.15, 0.2) is 36.4 Å². The van der Waals surface area contributed by atoms with Gasteiger partial charge in [-0.25, -0.2) is 0 Å². The lowest BCUT2D eigenvalue weighted by molar-refractivity contribution is -0.136. The van der Waals surface area contributed by atoms with E-state index in [1.807, 2.05) is 32.0 Å². The summed E-state index contributed by atoms with van der Waals surface area (Å²) >= 11 is 0. The monoisotopic (exact) mass is 369 g/mol. The lowest BCUT2D eigenvalue weighted by atomic mass is 10.0. The van der Waals surface area contributed by atoms with Crippen LogP contribution in [0.2, 0.25) is 0 Å². The zero-order valence-electron chi connectivity index (χ0n) is 15.4. The second kappa shape index (κ2) is 9.09. The molecule has 2 aromatic rings. The molecule has 0 heterocycles. The summed E-state index contributed by atoms with van der Waals surface area (Å²) in [6.45, 7) is 3.95. The van der Waals surface area contributed by atoms with Crippen molar-refractivity contribution in [2.24, 2.45) is 0 Å². The van der Waals surface area contributed by atoms with Gasteiger partial charge in [0.2, 0.25) is 6.41 Å². The highest BCUT2D eigenvalue weighted by atomic mass is 16.4. The molecule has 0 saturated heterocycles. The molecular formula is C21H23NO5. The third-order valence-electron chi connectivity index (χ3n) is 4.55. The molecule has 2 rings (SSSR count). The Labute approximate surface area is 158 Å². The van der Waals surface area contributed by atoms with Gasteiger partial charge in [-0.15, -0.1) is 0 Å². The van der Waals surface area contributed by atoms with Gasteiger partial charge < -0.3 is 15.1 Å². The topological polar surface area (TPSA) is 94.9 Å². The number of nitrogens with zero attached hydrogens (tertiary/aromatic N) is 1. The average molecular weight is 369 g/mol. The van der Waals surface area contributed by atoms with Gasteiger partial charge in [0.15, 0.2) is 5.78 Å². The Balaban J connectivity index is 2.38. The highest BCUT2D eigenvalue weighted by molar-refractivity contribution is 5.99. The van der Waals surface area contributed by atoms with E-state index < -0.39 is 5.97 Å². The molecule has 0 fully saturated rings. The standard InChI is InChI=1S/C21H23NO5/c1-14-4-3-5-15(2)18(14)11-22(13-24)19-10-16(6-7-17(19)12-23)20(25)8-9-21(26)27/h3-7,10,13,23H,8-9,11-12H2,1-2H3,(H,26,27). The fourth-order valence-corrected chi connectivity index (χ4v) is 2.95. The Kier molecular flexibility index (Phi) is 6.85. The minimum absolute atomic E-state index is 0.120. The van der Waals surface area contributed by atoms with Gasteiger partial charge >= 0.3 is 5.97 Å². The fourth-order valence-electron chi connectivity index (χ4n) is 2.95. The van der Waals surface area contributed by atoms with Crippen molar-refractivity contribution < 1.29 is 24.6 Å². The van der Waals surface area contributed by atoms with Crippen LogP contribution in [0.1, 0.15) is 45.5 Å². The number of hydrogen-bond donors (Lipinski definition) is 2. The molecule has 0 atom stereocenters. The molecule has 0 bridgehead atoms. The van der Waals surface area contributed by atoms with Gasteiger partial charge in [-0.1, -0.05) is 30.3 Å². The number of amides is 1. The first-order chi connectivity index (χ1) is 12.9. The molecule has 142 valence electrons. The number of aliphatic carboxylic acids is 1. The molecule has 1 amide bonds. The molecule has 2 N–H and O–H groups in total. The number of carboxylic acids is 1. The van der Waals surface area contributed by atoms with Crippen LogP contribution in [-0.2, 0) is 22.7 Å². The number of benzene rings is 2. The Bertz CT molecular complexity index is 839. The minimum atomic E-state index is -1.04. The van der Waals surface area contributed by atoms with E-state index in [4.69, 9.17) is 5.11 Å². The molecule has 27 heavy (non-hydrogen) atoms. The first-order valence-corrected chi connectivity index (χ1v) is 8.63. The molecule has 2 aromatic carbocycles. The number of hydrogen-bond acceptors (Lipinski definition) is 4. The summed E-state index contributed by atoms with van der Waals surface area (Å²) in [6, 6.07) is 10.5. The average Bonchev–Trinajstić information content (AvgIpc) is 2.65. The number of rotatable bonds is 9. The Morgan fingerprint density at radius 1 is 1.07 bits per heavy atom. The van der Waals surface area contributed by atoms with Gasteiger partial charge in [-0.2, -0.15) is 0 Å². The summed E-state index contributed by atoms with van der Waals surface area (Å²) in [5, 5.41) is 18.4. The first-order valence-electron chi connectivity index (χ1n) is 8.63. The van der Waals surface area contributed by atoms with Crippen molar-refractivity contribution >= 4 is 23.9 Å². The van der Waals surface area contributed by atoms with Crippen LogP contribution in [0, 0.1) is 13.8 Å². The molecule has 0 unspecified atom stereocenters. The van der Waals surface area contributed by atoms with Crippen molar-refractivity contribution in [1.82, 2.24) is 0 Å². The minimum Gasteiger partial charge on any atom is -0.481 e. The third-order valence-corrected chi connectivity index (χ3v) is 4.55. The van der Waals surface area contributed by atoms with Crippen molar-refractivity contribution in [3.63, 3.8) is 0 Å². The zero-order chi connectivity index (χ0) is 20.0. The summed E-state index contributed by atoms with van der Waals surface area (Å²) in [7, 11) is 0. The van der Waals surface area contributed by atoms with E-state index in [-0.39, 0.29) is 25.2 Å². The number of aryl methyl sites for hydroxylation is 2. The van der Waals surface area contributed by atoms with Crippen molar-refractivity contribution in [3.05, 3.63) is 64.2 Å². The first kappa shape index (κ1) is 20.3. The van der Waals surface area contributed by atoms with Crippen LogP contribution >= 0.6 is 0 Å². The number of anilines is 1. The predicted molar refractivity (Wildman–Crippen MR) is 102 cm³/mol. The van der Waals surface area contributed by atoms with Crippen LogP contribution < -0.4 is 4.90 Å². The molecule has 0 aromatic heterocycles. The fraction of sp³-hybridized carbons (Fsp3) is 0.286. The number of carboxylic acid groups (broad SMARTS) is 1. The number of Topliss-reactive ketones (excluding diaryl/α,β-unsaturated/α-hetero) is 1. The Hall–Kier alpha value is -2.99. The summed E-state index contributed by atoms with van der Waals surface area (Å²) < 4.78 is 0. The van der Waals surface area contributed by atoms with Gasteiger partial charge in [-0.3, -0.25) is 14.4 Å². The molecule has 0 aliphatic rings. The van der Waals surface area contributed by atoms with Crippen molar-refractivity contribution in [2.75, 3.05) is 4.90 Å². The van der Waals surface area contributed by atoms with Crippen LogP contribution in [-0.4, -0.2) is 28.4 Å². The maximum atomic E-state index is 12.2. The summed E-state index contributed by atoms with van der Waals surface area (Å²) in [6.07, 6.45) is 0.298. The van der Waals surface area contributed by atoms with Crippen molar-refractivity contribution in [2.45, 2.75) is 39.8 Å². The van der Waals surface area contributed by atoms with Gasteiger partial charge in [0.05, 0.1) is 19.6 Å². The summed E-state index contributed by atoms with van der Waals surface area (Å²) in [5.74, 6) is -1.36. The lowest BCUT2D eigenvalue weighted by Crippen LogP contribution is -2.23. The molecule has 0 spiro atoms. The summed E-state index contributed by atoms with van der Waals surface area (Å²) in [4.78, 5) is 36.2. The number of carbonyl (C=O) groups excluding carboxylic acids is 2. The van der Waals surface area contributed by atoms with E-state index in [2.05, 4.69) is 0 Å². The quantitative estimate of drug-likeness (QED) is 0.523. The predicted octanol–water partition coefficient (Wildman–Crippen LogP) is 3.01. The van der Waals surface area contributed by atoms with Gasteiger partial charge in [0.25, 0.3) is 0 Å². The number of ketones is 1. The molecule has 0 aliphatic carbocycles. The van der Waals surface area contributed by atoms with Gasteiger partial charge in [0.1, 0.15) is 0 Å². The van der Waals surface area contributed by atoms with Crippen molar-refractivity contribution in [1.29, 1.82) is 0 Å². The van der Waals surface area contributed by atoms with E-state index >= 15 is 0 Å². The second-order valence-electron chi connectivity index (χ2n) is 6.42. The van der Waals surface area contributed by atoms with E-state index in [0.717, 1.165) is 16.7 Å². The number of carbonyl (C=O) groups is 3. The molecule has 6 heteroatoms. The van der Waals surface area contributed by atoms with E-state index in [1.54, 1.807) is 12.1 Å². The van der Waals surface area contributed by atoms with Crippen LogP contribution in [0.4, 0.5) is 5.69 Å². The van der Waals surface area contributed by atoms with E-state index in [9.17, 15) is 19.5 Å². The second-order valence-corrected chi connectivity index (χ2v) is 6.42. The Morgan fingerprint density at radius 3 is 2.30 bits per heavy atom. The maximum absolute atomic E-state index is 12.2. The van der Waals surface area contributed by atoms with Crippen LogP contribution in [0.25, 0.3) is 0 Å². The molecule has 0 radical (unpaired) electrons. The largest absolute Gasteiger partial charge is 0.481 e. The molecule has 0 saturated carbocycles. The third kappa shape index (κ3) is 5.01. The number of aliphatic hydroxyl groups excluding tert-OH is 1. The Morgan fingerprint density at radius 2 is 1.74 bits per heavy atom. The zero-order valence-corrected chi connectivity index (χ0v) is 15.4. The van der Waals surface area contributed by atoms with Gasteiger partial charge in [-0.05, 0) is 36.6 Å². The molecule has 6 nitrogen and oxygen atoms in total. The molecule has 0 aliphatic heterocycles. The smallest absolute Gasteiger partial charge is 0.303 e. The van der Waals surface area contributed by atoms with E-state index in [1.165, 1.54) is 11.0 Å². The lowest BCUT2D eigenvalue weighted by Gasteiger charge is -2.23. The summed E-state index contributed by atoms with van der Waals surface area (Å²) in [5.41, 5.74) is 4.36. The number of aliphatic hydroxyl groups is 1. The normalized spacial score (nSPS) is 10.5. The SMILES string of the molecule is Cc1cccc(C)c1CN(C=O)c1cc(C(=O)CCC(=O)O)ccc1CO. The van der Waals surface area contributed by atoms with Crippen LogP contribution in [0.3, 0.4) is 0 Å². The van der Waals surface area contributed by atoms with Crippen LogP contribution in [0.5, 0.6) is 0 Å². The highest BCUT2D eigenvalue weighted by Crippen LogP contribution is 2.26. The van der Waals surface area contributed by atoms with Crippen molar-refractivity contribution in [3.8, 4) is 0 Å². The molecular weight excluding hydrogens is 346 g/mol. The highest BCUT2D eigenvalue weighted by Gasteiger charge is 2.17. The van der Waals surface area contributed by atoms with Gasteiger partial charge in [0, 0.05) is 23.2 Å². The van der Waals surface area contributed by atoms with E-state index in [0.29, 0.717) is 29.8 Å².